The van der Waals surface area contributed by atoms with Gasteiger partial charge in [-0.3, -0.25) is 14.4 Å². The Kier molecular flexibility index (Phi) is 49.4. The van der Waals surface area contributed by atoms with Gasteiger partial charge in [-0.05, 0) is 116 Å². The van der Waals surface area contributed by atoms with E-state index in [0.29, 0.717) is 19.3 Å². The van der Waals surface area contributed by atoms with Gasteiger partial charge in [0.2, 0.25) is 0 Å². The molecule has 0 amide bonds. The summed E-state index contributed by atoms with van der Waals surface area (Å²) in [6, 6.07) is 0. The molecule has 0 aliphatic rings. The van der Waals surface area contributed by atoms with Crippen molar-refractivity contribution >= 4 is 17.9 Å². The first-order valence-corrected chi connectivity index (χ1v) is 26.6. The van der Waals surface area contributed by atoms with Crippen LogP contribution in [0.5, 0.6) is 0 Å². The predicted octanol–water partition coefficient (Wildman–Crippen LogP) is 17.6. The van der Waals surface area contributed by atoms with Crippen LogP contribution in [0.25, 0.3) is 0 Å². The second-order valence-electron chi connectivity index (χ2n) is 17.4. The molecule has 0 aliphatic heterocycles. The summed E-state index contributed by atoms with van der Waals surface area (Å²) in [5.74, 6) is -0.965. The van der Waals surface area contributed by atoms with Crippen molar-refractivity contribution in [1.82, 2.24) is 0 Å². The summed E-state index contributed by atoms with van der Waals surface area (Å²) < 4.78 is 16.8. The molecular weight excluding hydrogens is 793 g/mol. The van der Waals surface area contributed by atoms with E-state index in [1.165, 1.54) is 83.5 Å². The van der Waals surface area contributed by atoms with E-state index in [1.807, 2.05) is 0 Å². The monoisotopic (exact) mass is 891 g/mol. The van der Waals surface area contributed by atoms with Gasteiger partial charge in [0.05, 0.1) is 0 Å². The van der Waals surface area contributed by atoms with E-state index in [0.717, 1.165) is 122 Å². The maximum Gasteiger partial charge on any atom is 0.306 e. The van der Waals surface area contributed by atoms with Gasteiger partial charge < -0.3 is 14.2 Å². The Labute approximate surface area is 395 Å². The van der Waals surface area contributed by atoms with Gasteiger partial charge in [-0.15, -0.1) is 0 Å². The summed E-state index contributed by atoms with van der Waals surface area (Å²) in [7, 11) is 0. The fourth-order valence-corrected chi connectivity index (χ4v) is 7.10. The zero-order chi connectivity index (χ0) is 46.5. The molecule has 1 unspecified atom stereocenters. The largest absolute Gasteiger partial charge is 0.462 e. The highest BCUT2D eigenvalue weighted by atomic mass is 16.6. The minimum Gasteiger partial charge on any atom is -0.462 e. The zero-order valence-corrected chi connectivity index (χ0v) is 41.8. The molecule has 0 radical (unpaired) electrons. The molecule has 0 rings (SSSR count). The van der Waals surface area contributed by atoms with Crippen LogP contribution >= 0.6 is 0 Å². The van der Waals surface area contributed by atoms with Crippen molar-refractivity contribution in [2.45, 2.75) is 252 Å². The van der Waals surface area contributed by atoms with Gasteiger partial charge in [-0.25, -0.2) is 0 Å². The van der Waals surface area contributed by atoms with Gasteiger partial charge in [0.25, 0.3) is 0 Å². The Morgan fingerprint density at radius 3 is 0.969 bits per heavy atom. The lowest BCUT2D eigenvalue weighted by molar-refractivity contribution is -0.167. The maximum absolute atomic E-state index is 12.8. The molecule has 6 nitrogen and oxygen atoms in total. The standard InChI is InChI=1S/C58H98O6/c1-4-7-10-13-16-19-22-25-27-28-29-30-31-34-36-39-42-45-48-51-57(60)63-54-55(53-62-56(59)50-47-44-41-38-35-32-24-21-18-15-12-9-6-3)64-58(61)52-49-46-43-40-37-33-26-23-20-17-14-11-8-5-2/h7,10,16,19,25,27,29-30,32-37,55H,4-6,8-9,11-15,17-18,20-24,26,28,31,38-54H2,1-3H3/b10-7-,19-16-,27-25-,30-29-,35-32-,36-34-,37-33-. The van der Waals surface area contributed by atoms with Crippen LogP contribution in [0.15, 0.2) is 85.1 Å². The van der Waals surface area contributed by atoms with E-state index < -0.39 is 6.10 Å². The molecule has 0 saturated carbocycles. The molecule has 0 fully saturated rings. The number of ether oxygens (including phenoxy) is 3. The Morgan fingerprint density at radius 2 is 0.609 bits per heavy atom. The van der Waals surface area contributed by atoms with Gasteiger partial charge in [0.15, 0.2) is 6.10 Å². The fourth-order valence-electron chi connectivity index (χ4n) is 7.10. The average Bonchev–Trinajstić information content (AvgIpc) is 3.29. The third-order valence-electron chi connectivity index (χ3n) is 11.1. The number of hydrogen-bond donors (Lipinski definition) is 0. The molecule has 0 spiro atoms. The van der Waals surface area contributed by atoms with Crippen molar-refractivity contribution in [3.05, 3.63) is 85.1 Å². The van der Waals surface area contributed by atoms with Crippen LogP contribution in [0.1, 0.15) is 245 Å². The van der Waals surface area contributed by atoms with Gasteiger partial charge in [-0.2, -0.15) is 0 Å². The first-order valence-electron chi connectivity index (χ1n) is 26.6. The van der Waals surface area contributed by atoms with Crippen LogP contribution < -0.4 is 0 Å². The Morgan fingerprint density at radius 1 is 0.328 bits per heavy atom. The van der Waals surface area contributed by atoms with Crippen LogP contribution in [-0.2, 0) is 28.6 Å². The quantitative estimate of drug-likeness (QED) is 0.0262. The first-order chi connectivity index (χ1) is 31.5. The maximum atomic E-state index is 12.8. The van der Waals surface area contributed by atoms with Crippen molar-refractivity contribution in [2.75, 3.05) is 13.2 Å². The minimum absolute atomic E-state index is 0.101. The molecule has 6 heteroatoms. The lowest BCUT2D eigenvalue weighted by atomic mass is 10.1. The molecule has 0 heterocycles. The second-order valence-corrected chi connectivity index (χ2v) is 17.4. The number of allylic oxidation sites excluding steroid dienone is 14. The summed E-state index contributed by atoms with van der Waals surface area (Å²) in [5, 5.41) is 0. The predicted molar refractivity (Wildman–Crippen MR) is 274 cm³/mol. The van der Waals surface area contributed by atoms with Crippen molar-refractivity contribution in [3.8, 4) is 0 Å². The topological polar surface area (TPSA) is 78.9 Å². The van der Waals surface area contributed by atoms with E-state index >= 15 is 0 Å². The number of hydrogen-bond acceptors (Lipinski definition) is 6. The molecule has 0 aromatic heterocycles. The molecule has 64 heavy (non-hydrogen) atoms. The summed E-state index contributed by atoms with van der Waals surface area (Å²) in [6.07, 6.45) is 67.1. The van der Waals surface area contributed by atoms with Crippen LogP contribution in [0.4, 0.5) is 0 Å². The minimum atomic E-state index is -0.804. The van der Waals surface area contributed by atoms with Crippen molar-refractivity contribution in [3.63, 3.8) is 0 Å². The molecule has 366 valence electrons. The Balaban J connectivity index is 4.48. The van der Waals surface area contributed by atoms with Crippen molar-refractivity contribution < 1.29 is 28.6 Å². The molecule has 0 N–H and O–H groups in total. The number of esters is 3. The SMILES string of the molecule is CC/C=C\C/C=C\C/C=C\C/C=C\C/C=C\CCCCCC(=O)OCC(COC(=O)CCCCC/C=C\CCCCCCCC)OC(=O)CCCCC/C=C\CCCCCCCCC. The molecule has 0 bridgehead atoms. The first kappa shape index (κ1) is 60.6. The van der Waals surface area contributed by atoms with Gasteiger partial charge in [0.1, 0.15) is 13.2 Å². The highest BCUT2D eigenvalue weighted by Gasteiger charge is 2.19. The van der Waals surface area contributed by atoms with Gasteiger partial charge in [-0.1, -0.05) is 196 Å². The van der Waals surface area contributed by atoms with E-state index in [1.54, 1.807) is 0 Å². The van der Waals surface area contributed by atoms with Crippen molar-refractivity contribution in [1.29, 1.82) is 0 Å². The van der Waals surface area contributed by atoms with E-state index in [4.69, 9.17) is 14.2 Å². The highest BCUT2D eigenvalue weighted by Crippen LogP contribution is 2.13. The van der Waals surface area contributed by atoms with Crippen molar-refractivity contribution in [2.24, 2.45) is 0 Å². The van der Waals surface area contributed by atoms with Crippen LogP contribution in [0.2, 0.25) is 0 Å². The molecule has 0 aromatic carbocycles. The number of rotatable bonds is 47. The normalized spacial score (nSPS) is 12.7. The molecule has 0 aliphatic carbocycles. The molecule has 1 atom stereocenters. The lowest BCUT2D eigenvalue weighted by Crippen LogP contribution is -2.30. The third kappa shape index (κ3) is 49.6. The fraction of sp³-hybridized carbons (Fsp3) is 0.707. The molecular formula is C58H98O6. The number of carbonyl (C=O) groups excluding carboxylic acids is 3. The molecule has 0 saturated heterocycles. The average molecular weight is 891 g/mol. The number of unbranched alkanes of at least 4 members (excludes halogenated alkanes) is 22. The highest BCUT2D eigenvalue weighted by molar-refractivity contribution is 5.71. The van der Waals surface area contributed by atoms with Gasteiger partial charge in [0, 0.05) is 19.3 Å². The summed E-state index contributed by atoms with van der Waals surface area (Å²) in [4.78, 5) is 38.0. The summed E-state index contributed by atoms with van der Waals surface area (Å²) >= 11 is 0. The van der Waals surface area contributed by atoms with E-state index in [-0.39, 0.29) is 31.1 Å². The third-order valence-corrected chi connectivity index (χ3v) is 11.1. The lowest BCUT2D eigenvalue weighted by Gasteiger charge is -2.18. The molecule has 0 aromatic rings. The zero-order valence-electron chi connectivity index (χ0n) is 41.8. The smallest absolute Gasteiger partial charge is 0.306 e. The number of carbonyl (C=O) groups is 3. The van der Waals surface area contributed by atoms with E-state index in [9.17, 15) is 14.4 Å². The van der Waals surface area contributed by atoms with E-state index in [2.05, 4.69) is 106 Å². The Bertz CT molecular complexity index is 1250. The second kappa shape index (κ2) is 52.2. The summed E-state index contributed by atoms with van der Waals surface area (Å²) in [6.45, 7) is 6.46. The van der Waals surface area contributed by atoms with Crippen LogP contribution in [0, 0.1) is 0 Å². The Hall–Kier alpha value is -3.41. The summed E-state index contributed by atoms with van der Waals surface area (Å²) in [5.41, 5.74) is 0. The van der Waals surface area contributed by atoms with Gasteiger partial charge >= 0.3 is 17.9 Å². The van der Waals surface area contributed by atoms with Crippen LogP contribution in [-0.4, -0.2) is 37.2 Å². The van der Waals surface area contributed by atoms with Crippen LogP contribution in [0.3, 0.4) is 0 Å².